The van der Waals surface area contributed by atoms with Crippen molar-refractivity contribution >= 4 is 35.6 Å². The van der Waals surface area contributed by atoms with E-state index >= 15 is 0 Å². The molecule has 0 amide bonds. The van der Waals surface area contributed by atoms with Crippen LogP contribution in [0.1, 0.15) is 37.8 Å². The third-order valence-electron chi connectivity index (χ3n) is 3.66. The van der Waals surface area contributed by atoms with E-state index in [-0.39, 0.29) is 24.0 Å². The number of nitrogens with one attached hydrogen (secondary N) is 1. The van der Waals surface area contributed by atoms with Gasteiger partial charge in [0.1, 0.15) is 0 Å². The van der Waals surface area contributed by atoms with Gasteiger partial charge in [-0.2, -0.15) is 0 Å². The maximum Gasteiger partial charge on any atom is 0.193 e. The van der Waals surface area contributed by atoms with Crippen molar-refractivity contribution < 1.29 is 9.47 Å². The summed E-state index contributed by atoms with van der Waals surface area (Å²) < 4.78 is 10.3. The molecule has 0 heterocycles. The molecular formula is C18H32IN3O2. The Hall–Kier alpha value is -0.860. The molecule has 0 saturated heterocycles. The van der Waals surface area contributed by atoms with Gasteiger partial charge >= 0.3 is 0 Å². The van der Waals surface area contributed by atoms with E-state index in [1.165, 1.54) is 11.1 Å². The Balaban J connectivity index is 0.00000529. The van der Waals surface area contributed by atoms with Gasteiger partial charge in [0.15, 0.2) is 5.96 Å². The Morgan fingerprint density at radius 3 is 2.33 bits per heavy atom. The number of benzene rings is 1. The predicted octanol–water partition coefficient (Wildman–Crippen LogP) is 3.60. The number of para-hydroxylation sites is 1. The molecule has 5 nitrogen and oxygen atoms in total. The van der Waals surface area contributed by atoms with E-state index in [1.54, 1.807) is 7.11 Å². The number of nitrogens with zero attached hydrogens (tertiary/aromatic N) is 1. The molecule has 0 radical (unpaired) electrons. The van der Waals surface area contributed by atoms with Crippen molar-refractivity contribution in [1.82, 2.24) is 0 Å². The topological polar surface area (TPSA) is 68.9 Å². The number of hydrogen-bond acceptors (Lipinski definition) is 3. The van der Waals surface area contributed by atoms with Gasteiger partial charge in [0.2, 0.25) is 0 Å². The monoisotopic (exact) mass is 449 g/mol. The fourth-order valence-corrected chi connectivity index (χ4v) is 2.33. The van der Waals surface area contributed by atoms with Gasteiger partial charge in [0.05, 0.1) is 13.2 Å². The van der Waals surface area contributed by atoms with E-state index in [0.29, 0.717) is 25.7 Å². The Bertz CT molecular complexity index is 459. The standard InChI is InChI=1S/C18H31N3O2.HI/c1-4-15-9-8-10-16(5-2)17(15)21-18(19)20-11-6-7-12-23-14-13-22-3;/h8-10H,4-7,11-14H2,1-3H3,(H3,19,20,21);1H. The lowest BCUT2D eigenvalue weighted by atomic mass is 10.0. The van der Waals surface area contributed by atoms with Crippen LogP contribution in [0.4, 0.5) is 5.69 Å². The van der Waals surface area contributed by atoms with Crippen molar-refractivity contribution in [3.05, 3.63) is 29.3 Å². The number of methoxy groups -OCH3 is 1. The van der Waals surface area contributed by atoms with Crippen molar-refractivity contribution in [3.63, 3.8) is 0 Å². The Morgan fingerprint density at radius 1 is 1.08 bits per heavy atom. The van der Waals surface area contributed by atoms with Gasteiger partial charge in [0.25, 0.3) is 0 Å². The van der Waals surface area contributed by atoms with Crippen LogP contribution in [0, 0.1) is 0 Å². The molecule has 0 bridgehead atoms. The third kappa shape index (κ3) is 8.84. The highest BCUT2D eigenvalue weighted by atomic mass is 127. The van der Waals surface area contributed by atoms with E-state index in [1.807, 2.05) is 0 Å². The summed E-state index contributed by atoms with van der Waals surface area (Å²) in [7, 11) is 1.68. The van der Waals surface area contributed by atoms with Crippen LogP contribution >= 0.6 is 24.0 Å². The lowest BCUT2D eigenvalue weighted by Crippen LogP contribution is -2.24. The first kappa shape index (κ1) is 23.1. The number of anilines is 1. The van der Waals surface area contributed by atoms with Crippen LogP contribution in [0.5, 0.6) is 0 Å². The number of aryl methyl sites for hydroxylation is 2. The summed E-state index contributed by atoms with van der Waals surface area (Å²) in [5, 5.41) is 3.28. The van der Waals surface area contributed by atoms with Crippen LogP contribution in [0.3, 0.4) is 0 Å². The maximum atomic E-state index is 6.02. The van der Waals surface area contributed by atoms with Gasteiger partial charge in [-0.15, -0.1) is 24.0 Å². The molecule has 0 fully saturated rings. The zero-order valence-electron chi connectivity index (χ0n) is 15.1. The van der Waals surface area contributed by atoms with Gasteiger partial charge in [0, 0.05) is 25.9 Å². The quantitative estimate of drug-likeness (QED) is 0.235. The van der Waals surface area contributed by atoms with E-state index in [4.69, 9.17) is 15.2 Å². The second-order valence-electron chi connectivity index (χ2n) is 5.36. The summed E-state index contributed by atoms with van der Waals surface area (Å²) >= 11 is 0. The Labute approximate surface area is 163 Å². The average molecular weight is 449 g/mol. The minimum atomic E-state index is 0. The molecule has 0 aromatic heterocycles. The summed E-state index contributed by atoms with van der Waals surface area (Å²) in [5.74, 6) is 0.487. The lowest BCUT2D eigenvalue weighted by molar-refractivity contribution is 0.0690. The summed E-state index contributed by atoms with van der Waals surface area (Å²) in [6, 6.07) is 6.36. The number of rotatable bonds is 11. The van der Waals surface area contributed by atoms with E-state index < -0.39 is 0 Å². The van der Waals surface area contributed by atoms with Crippen LogP contribution in [0.15, 0.2) is 23.2 Å². The molecule has 1 rings (SSSR count). The van der Waals surface area contributed by atoms with Gasteiger partial charge < -0.3 is 20.5 Å². The van der Waals surface area contributed by atoms with Crippen molar-refractivity contribution in [2.75, 3.05) is 38.8 Å². The maximum absolute atomic E-state index is 6.02. The Kier molecular flexibility index (Phi) is 14.0. The van der Waals surface area contributed by atoms with Crippen LogP contribution in [0.2, 0.25) is 0 Å². The normalized spacial score (nSPS) is 11.2. The van der Waals surface area contributed by atoms with E-state index in [0.717, 1.165) is 38.0 Å². The number of ether oxygens (including phenoxy) is 2. The minimum Gasteiger partial charge on any atom is -0.382 e. The van der Waals surface area contributed by atoms with Gasteiger partial charge in [-0.25, -0.2) is 0 Å². The van der Waals surface area contributed by atoms with Crippen LogP contribution in [-0.2, 0) is 22.3 Å². The molecule has 3 N–H and O–H groups in total. The van der Waals surface area contributed by atoms with Crippen molar-refractivity contribution in [2.24, 2.45) is 10.7 Å². The zero-order valence-corrected chi connectivity index (χ0v) is 17.5. The summed E-state index contributed by atoms with van der Waals surface area (Å²) in [4.78, 5) is 4.41. The number of unbranched alkanes of at least 4 members (excludes halogenated alkanes) is 1. The number of halogens is 1. The molecule has 0 saturated carbocycles. The van der Waals surface area contributed by atoms with E-state index in [2.05, 4.69) is 42.4 Å². The highest BCUT2D eigenvalue weighted by Gasteiger charge is 2.06. The first-order chi connectivity index (χ1) is 11.2. The molecule has 0 atom stereocenters. The second kappa shape index (κ2) is 14.5. The summed E-state index contributed by atoms with van der Waals surface area (Å²) in [6.45, 7) is 7.05. The summed E-state index contributed by atoms with van der Waals surface area (Å²) in [6.07, 6.45) is 3.89. The molecule has 0 aliphatic carbocycles. The second-order valence-corrected chi connectivity index (χ2v) is 5.36. The molecule has 0 aliphatic heterocycles. The first-order valence-corrected chi connectivity index (χ1v) is 8.47. The van der Waals surface area contributed by atoms with Crippen LogP contribution < -0.4 is 11.1 Å². The predicted molar refractivity (Wildman–Crippen MR) is 113 cm³/mol. The highest BCUT2D eigenvalue weighted by Crippen LogP contribution is 2.22. The summed E-state index contributed by atoms with van der Waals surface area (Å²) in [5.41, 5.74) is 9.68. The molecule has 0 spiro atoms. The van der Waals surface area contributed by atoms with Crippen LogP contribution in [-0.4, -0.2) is 39.4 Å². The molecule has 1 aromatic carbocycles. The third-order valence-corrected chi connectivity index (χ3v) is 3.66. The fourth-order valence-electron chi connectivity index (χ4n) is 2.33. The largest absolute Gasteiger partial charge is 0.382 e. The smallest absolute Gasteiger partial charge is 0.193 e. The van der Waals surface area contributed by atoms with Crippen molar-refractivity contribution in [1.29, 1.82) is 0 Å². The zero-order chi connectivity index (χ0) is 16.9. The fraction of sp³-hybridized carbons (Fsp3) is 0.611. The molecule has 1 aromatic rings. The number of nitrogens with two attached hydrogens (primary N) is 1. The molecule has 138 valence electrons. The Morgan fingerprint density at radius 2 is 1.75 bits per heavy atom. The molecule has 0 aliphatic rings. The SMILES string of the molecule is CCc1cccc(CC)c1NC(N)=NCCCCOCCOC.I. The number of aliphatic imine (C=N–C) groups is 1. The number of hydrogen-bond donors (Lipinski definition) is 2. The van der Waals surface area contributed by atoms with Crippen LogP contribution in [0.25, 0.3) is 0 Å². The van der Waals surface area contributed by atoms with Crippen molar-refractivity contribution in [2.45, 2.75) is 39.5 Å². The number of guanidine groups is 1. The van der Waals surface area contributed by atoms with Gasteiger partial charge in [-0.05, 0) is 36.8 Å². The average Bonchev–Trinajstić information content (AvgIpc) is 2.57. The van der Waals surface area contributed by atoms with E-state index in [9.17, 15) is 0 Å². The van der Waals surface area contributed by atoms with Crippen molar-refractivity contribution in [3.8, 4) is 0 Å². The first-order valence-electron chi connectivity index (χ1n) is 8.47. The van der Waals surface area contributed by atoms with Gasteiger partial charge in [-0.1, -0.05) is 32.0 Å². The molecule has 6 heteroatoms. The lowest BCUT2D eigenvalue weighted by Gasteiger charge is -2.14. The highest BCUT2D eigenvalue weighted by molar-refractivity contribution is 14.0. The molecular weight excluding hydrogens is 417 g/mol. The molecule has 24 heavy (non-hydrogen) atoms. The molecule has 0 unspecified atom stereocenters. The van der Waals surface area contributed by atoms with Gasteiger partial charge in [-0.3, -0.25) is 4.99 Å². The minimum absolute atomic E-state index is 0.